The first-order valence-corrected chi connectivity index (χ1v) is 9.52. The summed E-state index contributed by atoms with van der Waals surface area (Å²) in [5.74, 6) is 0.424. The summed E-state index contributed by atoms with van der Waals surface area (Å²) in [4.78, 5) is 27.5. The summed E-state index contributed by atoms with van der Waals surface area (Å²) in [6.07, 6.45) is 0.279. The van der Waals surface area contributed by atoms with Crippen LogP contribution in [0.15, 0.2) is 29.3 Å². The predicted molar refractivity (Wildman–Crippen MR) is 114 cm³/mol. The second-order valence-electron chi connectivity index (χ2n) is 7.27. The minimum atomic E-state index is -0.535. The second kappa shape index (κ2) is 12.6. The molecule has 0 atom stereocenters. The Kier molecular flexibility index (Phi) is 10.5. The van der Waals surface area contributed by atoms with Crippen LogP contribution < -0.4 is 21.3 Å². The fraction of sp³-hybridized carbons (Fsp3) is 0.550. The molecule has 162 valence electrons. The maximum absolute atomic E-state index is 11.8. The van der Waals surface area contributed by atoms with Crippen LogP contribution >= 0.6 is 0 Å². The molecule has 0 aromatic heterocycles. The van der Waals surface area contributed by atoms with E-state index in [2.05, 4.69) is 26.3 Å². The summed E-state index contributed by atoms with van der Waals surface area (Å²) in [6.45, 7) is 7.18. The molecule has 29 heavy (non-hydrogen) atoms. The number of carbonyl (C=O) groups is 2. The molecular weight excluding hydrogens is 374 g/mol. The zero-order valence-electron chi connectivity index (χ0n) is 17.9. The lowest BCUT2D eigenvalue weighted by atomic mass is 10.1. The van der Waals surface area contributed by atoms with E-state index in [1.807, 2.05) is 45.0 Å². The highest BCUT2D eigenvalue weighted by Gasteiger charge is 2.16. The molecule has 0 aliphatic heterocycles. The first kappa shape index (κ1) is 24.2. The van der Waals surface area contributed by atoms with Gasteiger partial charge in [0, 0.05) is 32.9 Å². The van der Waals surface area contributed by atoms with Crippen LogP contribution in [0, 0.1) is 0 Å². The van der Waals surface area contributed by atoms with Gasteiger partial charge in [0.2, 0.25) is 5.91 Å². The van der Waals surface area contributed by atoms with Gasteiger partial charge in [-0.3, -0.25) is 15.1 Å². The molecule has 1 aromatic carbocycles. The molecule has 0 fully saturated rings. The maximum atomic E-state index is 11.8. The minimum Gasteiger partial charge on any atom is -0.444 e. The number of rotatable bonds is 9. The van der Waals surface area contributed by atoms with Gasteiger partial charge in [0.05, 0.1) is 13.2 Å². The van der Waals surface area contributed by atoms with Gasteiger partial charge >= 0.3 is 6.09 Å². The van der Waals surface area contributed by atoms with E-state index in [0.717, 1.165) is 12.0 Å². The zero-order chi connectivity index (χ0) is 21.7. The third kappa shape index (κ3) is 11.6. The van der Waals surface area contributed by atoms with Crippen molar-refractivity contribution in [3.63, 3.8) is 0 Å². The number of benzene rings is 1. The van der Waals surface area contributed by atoms with Crippen LogP contribution in [0.1, 0.15) is 26.3 Å². The first-order valence-electron chi connectivity index (χ1n) is 9.52. The molecule has 0 aliphatic carbocycles. The summed E-state index contributed by atoms with van der Waals surface area (Å²) < 4.78 is 10.1. The monoisotopic (exact) mass is 407 g/mol. The number of amides is 2. The van der Waals surface area contributed by atoms with Crippen molar-refractivity contribution in [1.29, 1.82) is 0 Å². The second-order valence-corrected chi connectivity index (χ2v) is 7.27. The zero-order valence-corrected chi connectivity index (χ0v) is 17.9. The number of nitrogens with one attached hydrogen (secondary N) is 4. The van der Waals surface area contributed by atoms with Crippen LogP contribution in [0.5, 0.6) is 0 Å². The summed E-state index contributed by atoms with van der Waals surface area (Å²) in [5, 5.41) is 11.5. The highest BCUT2D eigenvalue weighted by Crippen LogP contribution is 2.13. The quantitative estimate of drug-likeness (QED) is 0.280. The highest BCUT2D eigenvalue weighted by atomic mass is 16.6. The Labute approximate surface area is 172 Å². The standard InChI is InChI=1S/C20H33N5O4/c1-20(2,3)29-19(27)25-16-8-6-15(7-9-16)10-11-23-18(21-4)24-14-17(26)22-12-13-28-5/h6-9H,10-14H2,1-5H3,(H,22,26)(H,25,27)(H2,21,23,24). The average molecular weight is 408 g/mol. The smallest absolute Gasteiger partial charge is 0.412 e. The topological polar surface area (TPSA) is 113 Å². The number of hydrogen-bond donors (Lipinski definition) is 4. The van der Waals surface area contributed by atoms with Gasteiger partial charge in [-0.25, -0.2) is 4.79 Å². The lowest BCUT2D eigenvalue weighted by Gasteiger charge is -2.19. The van der Waals surface area contributed by atoms with Gasteiger partial charge in [0.25, 0.3) is 0 Å². The van der Waals surface area contributed by atoms with Crippen LogP contribution in [0.4, 0.5) is 10.5 Å². The third-order valence-electron chi connectivity index (χ3n) is 3.57. The first-order chi connectivity index (χ1) is 13.7. The molecule has 9 heteroatoms. The Bertz CT molecular complexity index is 668. The number of methoxy groups -OCH3 is 1. The van der Waals surface area contributed by atoms with Crippen LogP contribution in [0.25, 0.3) is 0 Å². The fourth-order valence-corrected chi connectivity index (χ4v) is 2.24. The largest absolute Gasteiger partial charge is 0.444 e. The van der Waals surface area contributed by atoms with Crippen molar-refractivity contribution in [2.24, 2.45) is 4.99 Å². The van der Waals surface area contributed by atoms with E-state index >= 15 is 0 Å². The van der Waals surface area contributed by atoms with E-state index < -0.39 is 11.7 Å². The molecular formula is C20H33N5O4. The minimum absolute atomic E-state index is 0.127. The molecule has 1 rings (SSSR count). The van der Waals surface area contributed by atoms with Crippen molar-refractivity contribution in [1.82, 2.24) is 16.0 Å². The Morgan fingerprint density at radius 3 is 2.31 bits per heavy atom. The van der Waals surface area contributed by atoms with E-state index in [1.54, 1.807) is 14.2 Å². The molecule has 1 aromatic rings. The Morgan fingerprint density at radius 2 is 1.72 bits per heavy atom. The molecule has 0 spiro atoms. The fourth-order valence-electron chi connectivity index (χ4n) is 2.24. The van der Waals surface area contributed by atoms with Gasteiger partial charge in [-0.2, -0.15) is 0 Å². The normalized spacial score (nSPS) is 11.6. The number of carbonyl (C=O) groups excluding carboxylic acids is 2. The van der Waals surface area contributed by atoms with E-state index in [4.69, 9.17) is 9.47 Å². The van der Waals surface area contributed by atoms with Crippen LogP contribution in [-0.2, 0) is 20.7 Å². The third-order valence-corrected chi connectivity index (χ3v) is 3.57. The Hall–Kier alpha value is -2.81. The Morgan fingerprint density at radius 1 is 1.03 bits per heavy atom. The van der Waals surface area contributed by atoms with E-state index in [0.29, 0.717) is 31.3 Å². The van der Waals surface area contributed by atoms with Gasteiger partial charge in [-0.15, -0.1) is 0 Å². The van der Waals surface area contributed by atoms with Crippen LogP contribution in [-0.4, -0.2) is 64.0 Å². The molecule has 0 bridgehead atoms. The van der Waals surface area contributed by atoms with Gasteiger partial charge < -0.3 is 25.4 Å². The molecule has 2 amide bonds. The molecule has 0 saturated heterocycles. The molecule has 0 unspecified atom stereocenters. The number of guanidine groups is 1. The van der Waals surface area contributed by atoms with Crippen LogP contribution in [0.2, 0.25) is 0 Å². The molecule has 0 aliphatic rings. The average Bonchev–Trinajstić information content (AvgIpc) is 2.64. The van der Waals surface area contributed by atoms with E-state index in [-0.39, 0.29) is 12.5 Å². The lowest BCUT2D eigenvalue weighted by molar-refractivity contribution is -0.120. The number of anilines is 1. The summed E-state index contributed by atoms with van der Waals surface area (Å²) in [5.41, 5.74) is 1.24. The van der Waals surface area contributed by atoms with Crippen molar-refractivity contribution in [2.45, 2.75) is 32.8 Å². The highest BCUT2D eigenvalue weighted by molar-refractivity contribution is 5.86. The summed E-state index contributed by atoms with van der Waals surface area (Å²) in [7, 11) is 3.23. The van der Waals surface area contributed by atoms with Gasteiger partial charge in [0.1, 0.15) is 5.60 Å². The van der Waals surface area contributed by atoms with E-state index in [1.165, 1.54) is 0 Å². The predicted octanol–water partition coefficient (Wildman–Crippen LogP) is 1.50. The number of aliphatic imine (C=N–C) groups is 1. The van der Waals surface area contributed by atoms with Crippen molar-refractivity contribution in [3.8, 4) is 0 Å². The SMILES string of the molecule is CN=C(NCCc1ccc(NC(=O)OC(C)(C)C)cc1)NCC(=O)NCCOC. The lowest BCUT2D eigenvalue weighted by Crippen LogP contribution is -2.44. The van der Waals surface area contributed by atoms with Crippen molar-refractivity contribution >= 4 is 23.6 Å². The molecule has 9 nitrogen and oxygen atoms in total. The Balaban J connectivity index is 2.34. The molecule has 0 heterocycles. The summed E-state index contributed by atoms with van der Waals surface area (Å²) in [6, 6.07) is 7.54. The molecule has 4 N–H and O–H groups in total. The van der Waals surface area contributed by atoms with E-state index in [9.17, 15) is 9.59 Å². The van der Waals surface area contributed by atoms with Crippen molar-refractivity contribution in [2.75, 3.05) is 45.7 Å². The number of nitrogens with zero attached hydrogens (tertiary/aromatic N) is 1. The molecule has 0 saturated carbocycles. The maximum Gasteiger partial charge on any atom is 0.412 e. The van der Waals surface area contributed by atoms with Gasteiger partial charge in [-0.05, 0) is 44.9 Å². The number of hydrogen-bond acceptors (Lipinski definition) is 5. The molecule has 0 radical (unpaired) electrons. The van der Waals surface area contributed by atoms with Gasteiger partial charge in [-0.1, -0.05) is 12.1 Å². The summed E-state index contributed by atoms with van der Waals surface area (Å²) >= 11 is 0. The number of ether oxygens (including phenoxy) is 2. The van der Waals surface area contributed by atoms with Crippen molar-refractivity contribution in [3.05, 3.63) is 29.8 Å². The van der Waals surface area contributed by atoms with Gasteiger partial charge in [0.15, 0.2) is 5.96 Å². The van der Waals surface area contributed by atoms with Crippen molar-refractivity contribution < 1.29 is 19.1 Å². The van der Waals surface area contributed by atoms with Crippen LogP contribution in [0.3, 0.4) is 0 Å².